The van der Waals surface area contributed by atoms with Crippen molar-refractivity contribution in [1.82, 2.24) is 25.4 Å². The zero-order chi connectivity index (χ0) is 17.4. The lowest BCUT2D eigenvalue weighted by atomic mass is 10.0. The molecule has 4 rings (SSSR count). The summed E-state index contributed by atoms with van der Waals surface area (Å²) in [6, 6.07) is 9.67. The average molecular weight is 337 g/mol. The van der Waals surface area contributed by atoms with E-state index in [1.165, 1.54) is 0 Å². The van der Waals surface area contributed by atoms with Crippen LogP contribution in [-0.2, 0) is 13.0 Å². The zero-order valence-electron chi connectivity index (χ0n) is 13.9. The van der Waals surface area contributed by atoms with Crippen LogP contribution in [-0.4, -0.2) is 45.0 Å². The van der Waals surface area contributed by atoms with Crippen molar-refractivity contribution in [2.45, 2.75) is 19.9 Å². The number of nitrogens with one attached hydrogen (secondary N) is 3. The highest BCUT2D eigenvalue weighted by molar-refractivity contribution is 5.98. The second-order valence-electron chi connectivity index (χ2n) is 6.14. The molecule has 0 aliphatic carbocycles. The molecule has 3 N–H and O–H groups in total. The summed E-state index contributed by atoms with van der Waals surface area (Å²) in [6.07, 6.45) is 0.660. The van der Waals surface area contributed by atoms with E-state index < -0.39 is 0 Å². The second kappa shape index (κ2) is 6.08. The second-order valence-corrected chi connectivity index (χ2v) is 6.14. The van der Waals surface area contributed by atoms with Crippen LogP contribution in [0.15, 0.2) is 30.3 Å². The Kier molecular flexibility index (Phi) is 3.76. The minimum Gasteiger partial charge on any atom is -0.351 e. The molecule has 25 heavy (non-hydrogen) atoms. The first kappa shape index (κ1) is 15.4. The van der Waals surface area contributed by atoms with Gasteiger partial charge in [-0.2, -0.15) is 5.10 Å². The van der Waals surface area contributed by atoms with E-state index in [-0.39, 0.29) is 11.8 Å². The van der Waals surface area contributed by atoms with Gasteiger partial charge in [-0.15, -0.1) is 0 Å². The molecule has 0 atom stereocenters. The lowest BCUT2D eigenvalue weighted by Crippen LogP contribution is -2.37. The standard InChI is InChI=1S/C18H19N5O2/c1-2-19-17(24)16-12-10-23(8-7-14(12)21-22-16)18(25)15-9-11-5-3-4-6-13(11)20-15/h3-6,9,20H,2,7-8,10H2,1H3,(H,19,24)(H,21,22). The van der Waals surface area contributed by atoms with Crippen LogP contribution in [0, 0.1) is 0 Å². The van der Waals surface area contributed by atoms with Crippen molar-refractivity contribution < 1.29 is 9.59 Å². The average Bonchev–Trinajstić information content (AvgIpc) is 3.24. The number of hydrogen-bond acceptors (Lipinski definition) is 3. The van der Waals surface area contributed by atoms with E-state index in [0.29, 0.717) is 37.4 Å². The smallest absolute Gasteiger partial charge is 0.272 e. The predicted octanol–water partition coefficient (Wildman–Crippen LogP) is 1.84. The number of H-pyrrole nitrogens is 2. The Morgan fingerprint density at radius 3 is 2.96 bits per heavy atom. The lowest BCUT2D eigenvalue weighted by molar-refractivity contribution is 0.0726. The molecule has 1 aliphatic heterocycles. The van der Waals surface area contributed by atoms with Crippen LogP contribution in [0.5, 0.6) is 0 Å². The molecule has 128 valence electrons. The van der Waals surface area contributed by atoms with Gasteiger partial charge in [0.05, 0.1) is 6.54 Å². The molecule has 0 saturated carbocycles. The van der Waals surface area contributed by atoms with E-state index in [2.05, 4.69) is 20.5 Å². The van der Waals surface area contributed by atoms with Crippen LogP contribution < -0.4 is 5.32 Å². The molecular formula is C18H19N5O2. The van der Waals surface area contributed by atoms with Gasteiger partial charge in [0, 0.05) is 41.7 Å². The van der Waals surface area contributed by atoms with Crippen molar-refractivity contribution in [2.24, 2.45) is 0 Å². The maximum atomic E-state index is 12.9. The lowest BCUT2D eigenvalue weighted by Gasteiger charge is -2.26. The Morgan fingerprint density at radius 2 is 2.16 bits per heavy atom. The maximum Gasteiger partial charge on any atom is 0.272 e. The molecule has 2 aromatic heterocycles. The molecule has 3 heterocycles. The van der Waals surface area contributed by atoms with Gasteiger partial charge in [-0.3, -0.25) is 14.7 Å². The molecule has 0 radical (unpaired) electrons. The van der Waals surface area contributed by atoms with E-state index in [4.69, 9.17) is 0 Å². The molecule has 0 saturated heterocycles. The van der Waals surface area contributed by atoms with Crippen LogP contribution in [0.4, 0.5) is 0 Å². The number of hydrogen-bond donors (Lipinski definition) is 3. The van der Waals surface area contributed by atoms with Crippen molar-refractivity contribution in [2.75, 3.05) is 13.1 Å². The minimum absolute atomic E-state index is 0.0649. The van der Waals surface area contributed by atoms with Crippen LogP contribution in [0.3, 0.4) is 0 Å². The molecule has 0 fully saturated rings. The summed E-state index contributed by atoms with van der Waals surface area (Å²) in [6.45, 7) is 3.38. The fourth-order valence-electron chi connectivity index (χ4n) is 3.26. The molecule has 1 aliphatic rings. The van der Waals surface area contributed by atoms with Gasteiger partial charge in [0.15, 0.2) is 5.69 Å². The third-order valence-electron chi connectivity index (χ3n) is 4.53. The molecule has 1 aromatic carbocycles. The van der Waals surface area contributed by atoms with Crippen molar-refractivity contribution in [3.8, 4) is 0 Å². The predicted molar refractivity (Wildman–Crippen MR) is 93.3 cm³/mol. The first-order valence-electron chi connectivity index (χ1n) is 8.38. The number of carbonyl (C=O) groups excluding carboxylic acids is 2. The first-order valence-corrected chi connectivity index (χ1v) is 8.38. The number of aromatic amines is 2. The third-order valence-corrected chi connectivity index (χ3v) is 4.53. The highest BCUT2D eigenvalue weighted by Gasteiger charge is 2.28. The normalized spacial score (nSPS) is 13.7. The first-order chi connectivity index (χ1) is 12.2. The number of para-hydroxylation sites is 1. The number of benzene rings is 1. The van der Waals surface area contributed by atoms with Crippen molar-refractivity contribution in [3.63, 3.8) is 0 Å². The number of carbonyl (C=O) groups is 2. The van der Waals surface area contributed by atoms with E-state index in [1.54, 1.807) is 4.90 Å². The molecule has 7 heteroatoms. The van der Waals surface area contributed by atoms with E-state index in [9.17, 15) is 9.59 Å². The topological polar surface area (TPSA) is 93.9 Å². The molecule has 3 aromatic rings. The summed E-state index contributed by atoms with van der Waals surface area (Å²) in [5.74, 6) is -0.273. The third kappa shape index (κ3) is 2.67. The minimum atomic E-state index is -0.208. The maximum absolute atomic E-state index is 12.9. The fourth-order valence-corrected chi connectivity index (χ4v) is 3.26. The molecule has 0 bridgehead atoms. The van der Waals surface area contributed by atoms with Crippen LogP contribution >= 0.6 is 0 Å². The summed E-state index contributed by atoms with van der Waals surface area (Å²) in [7, 11) is 0. The highest BCUT2D eigenvalue weighted by atomic mass is 16.2. The van der Waals surface area contributed by atoms with Crippen molar-refractivity contribution in [1.29, 1.82) is 0 Å². The Hall–Kier alpha value is -3.09. The number of fused-ring (bicyclic) bond motifs is 2. The van der Waals surface area contributed by atoms with Crippen LogP contribution in [0.2, 0.25) is 0 Å². The summed E-state index contributed by atoms with van der Waals surface area (Å²) < 4.78 is 0. The van der Waals surface area contributed by atoms with Gasteiger partial charge >= 0.3 is 0 Å². The van der Waals surface area contributed by atoms with E-state index in [1.807, 2.05) is 37.3 Å². The molecule has 0 spiro atoms. The number of aromatic nitrogens is 3. The molecule has 7 nitrogen and oxygen atoms in total. The Balaban J connectivity index is 1.60. The number of rotatable bonds is 3. The Bertz CT molecular complexity index is 922. The van der Waals surface area contributed by atoms with Gasteiger partial charge < -0.3 is 15.2 Å². The number of amides is 2. The van der Waals surface area contributed by atoms with Gasteiger partial charge in [0.2, 0.25) is 0 Å². The summed E-state index contributed by atoms with van der Waals surface area (Å²) >= 11 is 0. The van der Waals surface area contributed by atoms with Gasteiger partial charge in [0.25, 0.3) is 11.8 Å². The molecular weight excluding hydrogens is 318 g/mol. The van der Waals surface area contributed by atoms with Crippen molar-refractivity contribution in [3.05, 3.63) is 53.0 Å². The summed E-state index contributed by atoms with van der Waals surface area (Å²) in [5, 5.41) is 10.8. The zero-order valence-corrected chi connectivity index (χ0v) is 13.9. The SMILES string of the molecule is CCNC(=O)c1n[nH]c2c1CN(C(=O)c1cc3ccccc3[nH]1)CC2. The molecule has 0 unspecified atom stereocenters. The van der Waals surface area contributed by atoms with Gasteiger partial charge in [0.1, 0.15) is 5.69 Å². The van der Waals surface area contributed by atoms with Crippen LogP contribution in [0.25, 0.3) is 10.9 Å². The quantitative estimate of drug-likeness (QED) is 0.681. The van der Waals surface area contributed by atoms with Gasteiger partial charge in [-0.05, 0) is 19.1 Å². The van der Waals surface area contributed by atoms with Gasteiger partial charge in [-0.25, -0.2) is 0 Å². The monoisotopic (exact) mass is 337 g/mol. The summed E-state index contributed by atoms with van der Waals surface area (Å²) in [4.78, 5) is 29.9. The highest BCUT2D eigenvalue weighted by Crippen LogP contribution is 2.23. The van der Waals surface area contributed by atoms with E-state index in [0.717, 1.165) is 22.2 Å². The van der Waals surface area contributed by atoms with Gasteiger partial charge in [-0.1, -0.05) is 18.2 Å². The van der Waals surface area contributed by atoms with E-state index >= 15 is 0 Å². The summed E-state index contributed by atoms with van der Waals surface area (Å²) in [5.41, 5.74) is 3.62. The number of nitrogens with zero attached hydrogens (tertiary/aromatic N) is 2. The van der Waals surface area contributed by atoms with Crippen LogP contribution in [0.1, 0.15) is 39.2 Å². The molecule has 2 amide bonds. The Morgan fingerprint density at radius 1 is 1.32 bits per heavy atom. The largest absolute Gasteiger partial charge is 0.351 e. The van der Waals surface area contributed by atoms with Crippen molar-refractivity contribution >= 4 is 22.7 Å². The fraction of sp³-hybridized carbons (Fsp3) is 0.278. The Labute approximate surface area is 144 Å².